The van der Waals surface area contributed by atoms with Gasteiger partial charge in [0, 0.05) is 11.1 Å². The minimum atomic E-state index is 0.0251. The highest BCUT2D eigenvalue weighted by molar-refractivity contribution is 5.95. The van der Waals surface area contributed by atoms with Gasteiger partial charge in [0.2, 0.25) is 6.79 Å². The van der Waals surface area contributed by atoms with Crippen molar-refractivity contribution in [2.24, 2.45) is 11.5 Å². The molecule has 0 saturated heterocycles. The van der Waals surface area contributed by atoms with Crippen LogP contribution in [0.4, 0.5) is 0 Å². The Hall–Kier alpha value is -3.02. The van der Waals surface area contributed by atoms with Gasteiger partial charge >= 0.3 is 0 Å². The first-order valence-electron chi connectivity index (χ1n) is 7.04. The Morgan fingerprint density at radius 2 is 1.22 bits per heavy atom. The van der Waals surface area contributed by atoms with Crippen LogP contribution < -0.4 is 20.9 Å². The molecule has 0 bridgehead atoms. The van der Waals surface area contributed by atoms with Gasteiger partial charge in [0.15, 0.2) is 0 Å². The summed E-state index contributed by atoms with van der Waals surface area (Å²) in [5.74, 6) is 1.40. The Morgan fingerprint density at radius 3 is 1.52 bits per heavy atom. The Kier molecular flexibility index (Phi) is 4.85. The first-order chi connectivity index (χ1) is 10.9. The molecule has 0 aromatic heterocycles. The molecule has 0 aliphatic rings. The van der Waals surface area contributed by atoms with Crippen molar-refractivity contribution >= 4 is 11.7 Å². The van der Waals surface area contributed by atoms with Crippen LogP contribution in [-0.2, 0) is 0 Å². The second-order valence-electron chi connectivity index (χ2n) is 5.19. The van der Waals surface area contributed by atoms with Gasteiger partial charge in [-0.2, -0.15) is 0 Å². The maximum atomic E-state index is 7.41. The van der Waals surface area contributed by atoms with E-state index in [1.54, 1.807) is 36.4 Å². The van der Waals surface area contributed by atoms with E-state index >= 15 is 0 Å². The predicted octanol–water partition coefficient (Wildman–Crippen LogP) is 2.29. The van der Waals surface area contributed by atoms with Crippen molar-refractivity contribution in [3.8, 4) is 11.5 Å². The lowest BCUT2D eigenvalue weighted by Crippen LogP contribution is -2.13. The number of nitrogen functional groups attached to an aromatic ring is 2. The fourth-order valence-electron chi connectivity index (χ4n) is 2.11. The number of hydrogen-bond donors (Lipinski definition) is 4. The zero-order valence-electron chi connectivity index (χ0n) is 13.1. The molecular weight excluding hydrogens is 292 g/mol. The summed E-state index contributed by atoms with van der Waals surface area (Å²) in [5.41, 5.74) is 14.0. The third-order valence-electron chi connectivity index (χ3n) is 3.40. The van der Waals surface area contributed by atoms with Crippen molar-refractivity contribution in [3.63, 3.8) is 0 Å². The first-order valence-corrected chi connectivity index (χ1v) is 7.04. The molecule has 0 aliphatic heterocycles. The lowest BCUT2D eigenvalue weighted by atomic mass is 10.1. The molecule has 23 heavy (non-hydrogen) atoms. The minimum Gasteiger partial charge on any atom is -0.457 e. The summed E-state index contributed by atoms with van der Waals surface area (Å²) in [4.78, 5) is 0. The van der Waals surface area contributed by atoms with Crippen molar-refractivity contribution in [2.45, 2.75) is 13.8 Å². The van der Waals surface area contributed by atoms with Gasteiger partial charge in [-0.25, -0.2) is 0 Å². The van der Waals surface area contributed by atoms with Crippen molar-refractivity contribution in [2.75, 3.05) is 6.79 Å². The number of rotatable bonds is 6. The summed E-state index contributed by atoms with van der Waals surface area (Å²) in [6, 6.07) is 10.6. The van der Waals surface area contributed by atoms with E-state index in [2.05, 4.69) is 0 Å². The first kappa shape index (κ1) is 16.4. The second-order valence-corrected chi connectivity index (χ2v) is 5.19. The van der Waals surface area contributed by atoms with E-state index in [9.17, 15) is 0 Å². The molecule has 2 rings (SSSR count). The molecule has 6 nitrogen and oxygen atoms in total. The fourth-order valence-corrected chi connectivity index (χ4v) is 2.11. The fraction of sp³-hybridized carbons (Fsp3) is 0.176. The molecule has 2 aromatic carbocycles. The summed E-state index contributed by atoms with van der Waals surface area (Å²) in [5, 5.41) is 14.8. The van der Waals surface area contributed by atoms with Gasteiger partial charge in [-0.1, -0.05) is 0 Å². The normalized spacial score (nSPS) is 10.2. The number of amidine groups is 2. The number of nitrogens with one attached hydrogen (secondary N) is 2. The van der Waals surface area contributed by atoms with Gasteiger partial charge in [-0.05, 0) is 61.4 Å². The van der Waals surface area contributed by atoms with Crippen molar-refractivity contribution in [1.82, 2.24) is 0 Å². The van der Waals surface area contributed by atoms with Crippen LogP contribution in [0.1, 0.15) is 22.3 Å². The Bertz CT molecular complexity index is 693. The quantitative estimate of drug-likeness (QED) is 0.372. The summed E-state index contributed by atoms with van der Waals surface area (Å²) in [6.45, 7) is 3.82. The smallest absolute Gasteiger partial charge is 0.230 e. The van der Waals surface area contributed by atoms with Gasteiger partial charge in [0.05, 0.1) is 0 Å². The molecule has 2 aromatic rings. The lowest BCUT2D eigenvalue weighted by molar-refractivity contribution is 0.118. The minimum absolute atomic E-state index is 0.0251. The predicted molar refractivity (Wildman–Crippen MR) is 90.5 cm³/mol. The van der Waals surface area contributed by atoms with Crippen molar-refractivity contribution < 1.29 is 9.47 Å². The third-order valence-corrected chi connectivity index (χ3v) is 3.40. The summed E-state index contributed by atoms with van der Waals surface area (Å²) in [6.07, 6.45) is 0. The molecule has 0 spiro atoms. The van der Waals surface area contributed by atoms with Gasteiger partial charge in [0.25, 0.3) is 0 Å². The van der Waals surface area contributed by atoms with Crippen LogP contribution in [0.5, 0.6) is 11.5 Å². The average molecular weight is 312 g/mol. The van der Waals surface area contributed by atoms with Gasteiger partial charge in [-0.15, -0.1) is 0 Å². The second kappa shape index (κ2) is 6.83. The molecule has 6 N–H and O–H groups in total. The molecule has 0 fully saturated rings. The van der Waals surface area contributed by atoms with Crippen LogP contribution in [0.25, 0.3) is 0 Å². The van der Waals surface area contributed by atoms with E-state index in [0.29, 0.717) is 22.6 Å². The maximum absolute atomic E-state index is 7.41. The lowest BCUT2D eigenvalue weighted by Gasteiger charge is -2.13. The molecule has 0 saturated carbocycles. The van der Waals surface area contributed by atoms with E-state index in [1.165, 1.54) is 0 Å². The number of benzene rings is 2. The van der Waals surface area contributed by atoms with Crippen LogP contribution in [0, 0.1) is 24.7 Å². The van der Waals surface area contributed by atoms with E-state index < -0.39 is 0 Å². The van der Waals surface area contributed by atoms with Crippen molar-refractivity contribution in [1.29, 1.82) is 10.8 Å². The summed E-state index contributed by atoms with van der Waals surface area (Å²) in [7, 11) is 0. The molecule has 0 radical (unpaired) electrons. The molecule has 120 valence electrons. The van der Waals surface area contributed by atoms with Crippen LogP contribution in [0.15, 0.2) is 36.4 Å². The van der Waals surface area contributed by atoms with Crippen LogP contribution >= 0.6 is 0 Å². The van der Waals surface area contributed by atoms with Crippen LogP contribution in [-0.4, -0.2) is 18.5 Å². The standard InChI is InChI=1S/C17H20N4O2/c1-10-7-12(16(18)19)3-5-14(10)22-9-23-15-6-4-13(17(20)21)8-11(15)2/h3-8H,9H2,1-2H3,(H3,18,19)(H3,20,21). The van der Waals surface area contributed by atoms with Crippen LogP contribution in [0.3, 0.4) is 0 Å². The summed E-state index contributed by atoms with van der Waals surface area (Å²) < 4.78 is 11.2. The molecule has 0 aliphatic carbocycles. The molecular formula is C17H20N4O2. The number of ether oxygens (including phenoxy) is 2. The molecule has 0 atom stereocenters. The molecule has 0 heterocycles. The van der Waals surface area contributed by atoms with Gasteiger partial charge in [-0.3, -0.25) is 10.8 Å². The maximum Gasteiger partial charge on any atom is 0.230 e. The van der Waals surface area contributed by atoms with E-state index in [1.807, 2.05) is 13.8 Å². The van der Waals surface area contributed by atoms with E-state index in [-0.39, 0.29) is 18.5 Å². The van der Waals surface area contributed by atoms with E-state index in [0.717, 1.165) is 11.1 Å². The highest BCUT2D eigenvalue weighted by atomic mass is 16.7. The SMILES string of the molecule is Cc1cc(C(=N)N)ccc1OCOc1ccc(C(=N)N)cc1C. The third kappa shape index (κ3) is 4.00. The van der Waals surface area contributed by atoms with E-state index in [4.69, 9.17) is 31.8 Å². The van der Waals surface area contributed by atoms with Gasteiger partial charge < -0.3 is 20.9 Å². The largest absolute Gasteiger partial charge is 0.457 e. The van der Waals surface area contributed by atoms with Crippen LogP contribution in [0.2, 0.25) is 0 Å². The number of aryl methyl sites for hydroxylation is 2. The summed E-state index contributed by atoms with van der Waals surface area (Å²) >= 11 is 0. The molecule has 0 unspecified atom stereocenters. The zero-order chi connectivity index (χ0) is 17.0. The molecule has 6 heteroatoms. The highest BCUT2D eigenvalue weighted by Gasteiger charge is 2.06. The monoisotopic (exact) mass is 312 g/mol. The number of hydrogen-bond acceptors (Lipinski definition) is 4. The Balaban J connectivity index is 2.00. The Morgan fingerprint density at radius 1 is 0.826 bits per heavy atom. The molecule has 0 amide bonds. The number of nitrogens with two attached hydrogens (primary N) is 2. The zero-order valence-corrected chi connectivity index (χ0v) is 13.1. The average Bonchev–Trinajstić information content (AvgIpc) is 2.49. The Labute approximate surface area is 135 Å². The topological polar surface area (TPSA) is 118 Å². The van der Waals surface area contributed by atoms with Gasteiger partial charge in [0.1, 0.15) is 23.2 Å². The van der Waals surface area contributed by atoms with Crippen molar-refractivity contribution in [3.05, 3.63) is 58.7 Å². The highest BCUT2D eigenvalue weighted by Crippen LogP contribution is 2.21.